The summed E-state index contributed by atoms with van der Waals surface area (Å²) in [5.41, 5.74) is 0.974. The minimum atomic E-state index is -2.19. The minimum Gasteiger partial charge on any atom is -0.496 e. The van der Waals surface area contributed by atoms with Crippen molar-refractivity contribution in [1.82, 2.24) is 9.88 Å². The topological polar surface area (TPSA) is 28.3 Å². The number of aryl methyl sites for hydroxylation is 1. The molecule has 0 aliphatic heterocycles. The van der Waals surface area contributed by atoms with Gasteiger partial charge in [0, 0.05) is 29.1 Å². The second-order valence-electron chi connectivity index (χ2n) is 3.72. The molecule has 1 N–H and O–H groups in total. The number of aromatic amines is 1. The van der Waals surface area contributed by atoms with Crippen molar-refractivity contribution in [3.05, 3.63) is 30.0 Å². The summed E-state index contributed by atoms with van der Waals surface area (Å²) < 4.78 is 37.8. The van der Waals surface area contributed by atoms with Crippen LogP contribution in [0.3, 0.4) is 0 Å². The van der Waals surface area contributed by atoms with E-state index in [0.29, 0.717) is 11.1 Å². The zero-order valence-electron chi connectivity index (χ0n) is 13.7. The number of hydrogen-bond donors (Lipinski definition) is 1. The van der Waals surface area contributed by atoms with E-state index in [0.717, 1.165) is 5.52 Å². The summed E-state index contributed by atoms with van der Waals surface area (Å²) in [5.74, 6) is 0.525. The molecule has 1 aromatic carbocycles. The number of aromatic nitrogens is 1. The normalized spacial score (nSPS) is 15.8. The molecule has 0 aliphatic carbocycles. The van der Waals surface area contributed by atoms with Crippen LogP contribution < -0.4 is 4.74 Å². The van der Waals surface area contributed by atoms with Crippen molar-refractivity contribution in [3.8, 4) is 5.75 Å². The molecule has 0 radical (unpaired) electrons. The fourth-order valence-electron chi connectivity index (χ4n) is 1.59. The highest BCUT2D eigenvalue weighted by molar-refractivity contribution is 5.89. The van der Waals surface area contributed by atoms with Gasteiger partial charge < -0.3 is 14.6 Å². The lowest BCUT2D eigenvalue weighted by atomic mass is 10.1. The van der Waals surface area contributed by atoms with Gasteiger partial charge in [0.05, 0.1) is 7.11 Å². The number of fused-ring (bicyclic) bond motifs is 1. The Morgan fingerprint density at radius 3 is 2.82 bits per heavy atom. The minimum absolute atomic E-state index is 0. The summed E-state index contributed by atoms with van der Waals surface area (Å²) in [4.78, 5) is 4.21. The molecular weight excluding hydrogens is 212 g/mol. The van der Waals surface area contributed by atoms with Crippen LogP contribution in [0, 0.1) is 0 Å². The van der Waals surface area contributed by atoms with Crippen LogP contribution in [0.4, 0.5) is 0 Å². The number of likely N-dealkylation sites (N-methyl/N-ethyl adjacent to an activating group) is 1. The SMILES string of the molecule is C.[2H]C([2H])(c1c[nH]c2cccc(OC)c12)C([2H])([2H])N(C)C. The first-order valence-electron chi connectivity index (χ1n) is 7.05. The molecule has 94 valence electrons. The van der Waals surface area contributed by atoms with Gasteiger partial charge in [-0.25, -0.2) is 0 Å². The van der Waals surface area contributed by atoms with Crippen molar-refractivity contribution in [2.45, 2.75) is 13.8 Å². The lowest BCUT2D eigenvalue weighted by molar-refractivity contribution is 0.411. The highest BCUT2D eigenvalue weighted by atomic mass is 16.5. The van der Waals surface area contributed by atoms with Gasteiger partial charge in [0.25, 0.3) is 0 Å². The molecule has 0 saturated carbocycles. The third kappa shape index (κ3) is 2.80. The number of rotatable bonds is 4. The molecule has 2 rings (SSSR count). The number of nitrogens with one attached hydrogen (secondary N) is 1. The van der Waals surface area contributed by atoms with Crippen LogP contribution in [-0.2, 0) is 6.37 Å². The van der Waals surface area contributed by atoms with Crippen molar-refractivity contribution in [1.29, 1.82) is 0 Å². The van der Waals surface area contributed by atoms with Crippen LogP contribution in [0.1, 0.15) is 18.5 Å². The van der Waals surface area contributed by atoms with Crippen LogP contribution in [0.5, 0.6) is 5.75 Å². The monoisotopic (exact) mass is 238 g/mol. The average molecular weight is 238 g/mol. The molecule has 0 atom stereocenters. The van der Waals surface area contributed by atoms with E-state index in [9.17, 15) is 0 Å². The van der Waals surface area contributed by atoms with E-state index in [2.05, 4.69) is 4.98 Å². The van der Waals surface area contributed by atoms with Crippen LogP contribution in [-0.4, -0.2) is 37.6 Å². The summed E-state index contributed by atoms with van der Waals surface area (Å²) in [6.45, 7) is -2.15. The van der Waals surface area contributed by atoms with E-state index in [1.807, 2.05) is 6.07 Å². The number of benzene rings is 1. The van der Waals surface area contributed by atoms with Crippen LogP contribution >= 0.6 is 0 Å². The van der Waals surface area contributed by atoms with E-state index in [-0.39, 0.29) is 13.0 Å². The Morgan fingerprint density at radius 2 is 2.18 bits per heavy atom. The van der Waals surface area contributed by atoms with Gasteiger partial charge in [0.2, 0.25) is 0 Å². The first kappa shape index (κ1) is 8.59. The third-order valence-electron chi connectivity index (χ3n) is 2.30. The van der Waals surface area contributed by atoms with Crippen molar-refractivity contribution in [2.75, 3.05) is 27.7 Å². The maximum absolute atomic E-state index is 8.25. The maximum Gasteiger partial charge on any atom is 0.128 e. The number of H-pyrrole nitrogens is 1. The Hall–Kier alpha value is -1.48. The number of methoxy groups -OCH3 is 1. The highest BCUT2D eigenvalue weighted by Gasteiger charge is 2.08. The molecule has 0 amide bonds. The Morgan fingerprint density at radius 1 is 1.41 bits per heavy atom. The highest BCUT2D eigenvalue weighted by Crippen LogP contribution is 2.28. The molecule has 0 aliphatic rings. The van der Waals surface area contributed by atoms with E-state index in [1.54, 1.807) is 12.1 Å². The molecule has 1 heterocycles. The van der Waals surface area contributed by atoms with Gasteiger partial charge in [-0.3, -0.25) is 0 Å². The molecule has 1 aromatic heterocycles. The van der Waals surface area contributed by atoms with Crippen molar-refractivity contribution in [3.63, 3.8) is 0 Å². The summed E-state index contributed by atoms with van der Waals surface area (Å²) >= 11 is 0. The molecule has 0 bridgehead atoms. The van der Waals surface area contributed by atoms with Crippen molar-refractivity contribution >= 4 is 10.9 Å². The smallest absolute Gasteiger partial charge is 0.128 e. The lowest BCUT2D eigenvalue weighted by Crippen LogP contribution is -2.14. The predicted molar refractivity (Wildman–Crippen MR) is 73.8 cm³/mol. The van der Waals surface area contributed by atoms with Crippen LogP contribution in [0.15, 0.2) is 24.4 Å². The Labute approximate surface area is 109 Å². The van der Waals surface area contributed by atoms with E-state index >= 15 is 0 Å². The molecule has 0 fully saturated rings. The van der Waals surface area contributed by atoms with E-state index < -0.39 is 12.9 Å². The summed E-state index contributed by atoms with van der Waals surface area (Å²) in [6, 6.07) is 5.35. The van der Waals surface area contributed by atoms with Gasteiger partial charge in [0.15, 0.2) is 0 Å². The van der Waals surface area contributed by atoms with Crippen molar-refractivity contribution in [2.24, 2.45) is 0 Å². The first-order valence-corrected chi connectivity index (χ1v) is 5.05. The Kier molecular flexibility index (Phi) is 2.90. The largest absolute Gasteiger partial charge is 0.496 e. The first-order chi connectivity index (χ1) is 9.23. The standard InChI is InChI=1S/C13H18N2O.CH4/c1-15(2)8-7-10-9-14-11-5-4-6-12(16-3)13(10)11;/h4-6,9,14H,7-8H2,1-3H3;1H4/i7D2,8D2;. The second-order valence-corrected chi connectivity index (χ2v) is 3.72. The van der Waals surface area contributed by atoms with Gasteiger partial charge in [-0.05, 0) is 38.2 Å². The van der Waals surface area contributed by atoms with Gasteiger partial charge in [0.1, 0.15) is 5.75 Å². The molecule has 3 heteroatoms. The fraction of sp³-hybridized carbons (Fsp3) is 0.429. The Bertz CT molecular complexity index is 622. The zero-order valence-corrected chi connectivity index (χ0v) is 9.66. The third-order valence-corrected chi connectivity index (χ3v) is 2.30. The summed E-state index contributed by atoms with van der Waals surface area (Å²) in [6.07, 6.45) is -0.683. The lowest BCUT2D eigenvalue weighted by Gasteiger charge is -2.09. The average Bonchev–Trinajstić information content (AvgIpc) is 2.82. The second kappa shape index (κ2) is 5.73. The van der Waals surface area contributed by atoms with Gasteiger partial charge in [-0.15, -0.1) is 0 Å². The molecular formula is C14H22N2O. The van der Waals surface area contributed by atoms with Gasteiger partial charge in [-0.1, -0.05) is 13.5 Å². The number of ether oxygens (including phenoxy) is 1. The number of hydrogen-bond acceptors (Lipinski definition) is 2. The molecule has 0 unspecified atom stereocenters. The molecule has 0 saturated heterocycles. The van der Waals surface area contributed by atoms with Crippen LogP contribution in [0.25, 0.3) is 10.9 Å². The van der Waals surface area contributed by atoms with Crippen molar-refractivity contribution < 1.29 is 10.2 Å². The Balaban J connectivity index is 0.00000220. The number of nitrogens with zero attached hydrogens (tertiary/aromatic N) is 1. The molecule has 3 nitrogen and oxygen atoms in total. The van der Waals surface area contributed by atoms with Gasteiger partial charge >= 0.3 is 0 Å². The van der Waals surface area contributed by atoms with E-state index in [4.69, 9.17) is 10.2 Å². The maximum atomic E-state index is 8.25. The zero-order chi connectivity index (χ0) is 15.1. The molecule has 17 heavy (non-hydrogen) atoms. The van der Waals surface area contributed by atoms with Crippen LogP contribution in [0.2, 0.25) is 0 Å². The molecule has 0 spiro atoms. The predicted octanol–water partition coefficient (Wildman–Crippen LogP) is 2.92. The summed E-state index contributed by atoms with van der Waals surface area (Å²) in [5, 5.41) is 0.575. The van der Waals surface area contributed by atoms with E-state index in [1.165, 1.54) is 32.3 Å². The fourth-order valence-corrected chi connectivity index (χ4v) is 1.59. The van der Waals surface area contributed by atoms with Gasteiger partial charge in [-0.2, -0.15) is 0 Å². The summed E-state index contributed by atoms with van der Waals surface area (Å²) in [7, 11) is 4.55. The quantitative estimate of drug-likeness (QED) is 0.887. The molecule has 2 aromatic rings.